The molecule has 0 aliphatic carbocycles. The molecule has 0 amide bonds. The van der Waals surface area contributed by atoms with Crippen LogP contribution >= 0.6 is 0 Å². The van der Waals surface area contributed by atoms with Crippen LogP contribution in [0.5, 0.6) is 0 Å². The van der Waals surface area contributed by atoms with Gasteiger partial charge in [0.15, 0.2) is 5.41 Å². The van der Waals surface area contributed by atoms with Crippen molar-refractivity contribution in [3.05, 3.63) is 0 Å². The summed E-state index contributed by atoms with van der Waals surface area (Å²) in [7, 11) is 0. The van der Waals surface area contributed by atoms with E-state index in [1.165, 1.54) is 0 Å². The summed E-state index contributed by atoms with van der Waals surface area (Å²) in [4.78, 5) is 24.9. The molecule has 0 radical (unpaired) electrons. The van der Waals surface area contributed by atoms with Gasteiger partial charge in [0.25, 0.3) is 0 Å². The molecule has 0 aliphatic heterocycles. The van der Waals surface area contributed by atoms with Crippen molar-refractivity contribution in [1.29, 1.82) is 0 Å². The molecule has 0 bridgehead atoms. The predicted octanol–water partition coefficient (Wildman–Crippen LogP) is 5.31. The molecule has 0 aromatic carbocycles. The zero-order chi connectivity index (χ0) is 19.7. The summed E-state index contributed by atoms with van der Waals surface area (Å²) in [6, 6.07) is 0. The summed E-state index contributed by atoms with van der Waals surface area (Å²) in [6.07, 6.45) is 1.09. The van der Waals surface area contributed by atoms with Gasteiger partial charge in [-0.15, -0.1) is 0 Å². The average Bonchev–Trinajstić information content (AvgIpc) is 2.21. The van der Waals surface area contributed by atoms with Gasteiger partial charge in [-0.25, -0.2) is 0 Å². The predicted molar refractivity (Wildman–Crippen MR) is 98.0 cm³/mol. The molecule has 0 fully saturated rings. The van der Waals surface area contributed by atoms with E-state index in [0.717, 1.165) is 0 Å². The van der Waals surface area contributed by atoms with Crippen LogP contribution in [-0.2, 0) is 9.59 Å². The summed E-state index contributed by atoms with van der Waals surface area (Å²) < 4.78 is 0. The van der Waals surface area contributed by atoms with E-state index in [1.807, 2.05) is 13.8 Å². The van der Waals surface area contributed by atoms with Crippen LogP contribution in [0.15, 0.2) is 0 Å². The van der Waals surface area contributed by atoms with Gasteiger partial charge in [-0.05, 0) is 35.5 Å². The summed E-state index contributed by atoms with van der Waals surface area (Å²) in [6.45, 7) is 19.7. The fraction of sp³-hybridized carbons (Fsp3) is 0.900. The third-order valence-electron chi connectivity index (χ3n) is 5.12. The van der Waals surface area contributed by atoms with Crippen molar-refractivity contribution in [2.45, 2.75) is 82.1 Å². The largest absolute Gasteiger partial charge is 0.480 e. The van der Waals surface area contributed by atoms with Gasteiger partial charge in [0.05, 0.1) is 0 Å². The standard InChI is InChI=1S/C20H38O4/c1-13(2)19(11-17(5,6)7,12-18(8,9)10)20(14(3)4,15(21)22)16(23)24/h13-14H,11-12H2,1-10H3,(H,21,22)(H,23,24). The summed E-state index contributed by atoms with van der Waals surface area (Å²) in [5.41, 5.74) is -3.03. The lowest BCUT2D eigenvalue weighted by molar-refractivity contribution is -0.193. The minimum absolute atomic E-state index is 0.0782. The minimum Gasteiger partial charge on any atom is -0.480 e. The van der Waals surface area contributed by atoms with Crippen molar-refractivity contribution >= 4 is 11.9 Å². The molecule has 24 heavy (non-hydrogen) atoms. The van der Waals surface area contributed by atoms with Crippen molar-refractivity contribution in [3.63, 3.8) is 0 Å². The highest BCUT2D eigenvalue weighted by Crippen LogP contribution is 2.60. The van der Waals surface area contributed by atoms with Crippen molar-refractivity contribution in [2.75, 3.05) is 0 Å². The first kappa shape index (κ1) is 22.9. The van der Waals surface area contributed by atoms with Crippen molar-refractivity contribution in [2.24, 2.45) is 33.5 Å². The molecule has 0 unspecified atom stereocenters. The van der Waals surface area contributed by atoms with E-state index in [9.17, 15) is 19.8 Å². The van der Waals surface area contributed by atoms with Gasteiger partial charge in [-0.3, -0.25) is 9.59 Å². The third kappa shape index (κ3) is 4.31. The van der Waals surface area contributed by atoms with Crippen LogP contribution in [-0.4, -0.2) is 22.2 Å². The van der Waals surface area contributed by atoms with Crippen molar-refractivity contribution in [1.82, 2.24) is 0 Å². The van der Waals surface area contributed by atoms with Gasteiger partial charge in [0.1, 0.15) is 0 Å². The summed E-state index contributed by atoms with van der Waals surface area (Å²) in [5.74, 6) is -3.02. The van der Waals surface area contributed by atoms with E-state index in [4.69, 9.17) is 0 Å². The molecule has 0 atom stereocenters. The van der Waals surface area contributed by atoms with E-state index >= 15 is 0 Å². The molecule has 0 aromatic heterocycles. The van der Waals surface area contributed by atoms with Crippen LogP contribution < -0.4 is 0 Å². The van der Waals surface area contributed by atoms with Crippen molar-refractivity contribution in [3.8, 4) is 0 Å². The molecule has 142 valence electrons. The zero-order valence-electron chi connectivity index (χ0n) is 17.3. The number of carboxylic acid groups (broad SMARTS) is 2. The molecule has 4 nitrogen and oxygen atoms in total. The van der Waals surface area contributed by atoms with Crippen LogP contribution in [0.3, 0.4) is 0 Å². The van der Waals surface area contributed by atoms with Crippen LogP contribution in [0.4, 0.5) is 0 Å². The number of carbonyl (C=O) groups is 2. The Balaban J connectivity index is 6.93. The smallest absolute Gasteiger partial charge is 0.321 e. The molecular weight excluding hydrogens is 304 g/mol. The molecular formula is C20H38O4. The second-order valence-electron chi connectivity index (χ2n) is 10.4. The van der Waals surface area contributed by atoms with Gasteiger partial charge < -0.3 is 10.2 Å². The second-order valence-corrected chi connectivity index (χ2v) is 10.4. The maximum atomic E-state index is 12.4. The molecule has 0 aromatic rings. The maximum Gasteiger partial charge on any atom is 0.321 e. The highest BCUT2D eigenvalue weighted by Gasteiger charge is 2.66. The molecule has 0 rings (SSSR count). The number of hydrogen-bond donors (Lipinski definition) is 2. The second kappa shape index (κ2) is 7.05. The Labute approximate surface area is 148 Å². The van der Waals surface area contributed by atoms with E-state index < -0.39 is 28.7 Å². The monoisotopic (exact) mass is 342 g/mol. The molecule has 0 heterocycles. The van der Waals surface area contributed by atoms with Gasteiger partial charge in [-0.1, -0.05) is 69.2 Å². The van der Waals surface area contributed by atoms with Gasteiger partial charge >= 0.3 is 11.9 Å². The third-order valence-corrected chi connectivity index (χ3v) is 5.12. The lowest BCUT2D eigenvalue weighted by atomic mass is 9.46. The minimum atomic E-state index is -1.82. The normalized spacial score (nSPS) is 14.3. The molecule has 0 saturated carbocycles. The first-order valence-electron chi connectivity index (χ1n) is 8.91. The van der Waals surface area contributed by atoms with Gasteiger partial charge in [0, 0.05) is 5.41 Å². The average molecular weight is 343 g/mol. The van der Waals surface area contributed by atoms with E-state index in [1.54, 1.807) is 13.8 Å². The van der Waals surface area contributed by atoms with Crippen molar-refractivity contribution < 1.29 is 19.8 Å². The molecule has 0 aliphatic rings. The molecule has 2 N–H and O–H groups in total. The van der Waals surface area contributed by atoms with Crippen LogP contribution in [0.1, 0.15) is 82.1 Å². The Kier molecular flexibility index (Phi) is 6.74. The van der Waals surface area contributed by atoms with Crippen LogP contribution in [0, 0.1) is 33.5 Å². The van der Waals surface area contributed by atoms with Gasteiger partial charge in [-0.2, -0.15) is 0 Å². The number of carboxylic acids is 2. The Bertz CT molecular complexity index is 431. The lowest BCUT2D eigenvalue weighted by Crippen LogP contribution is -2.61. The Morgan fingerprint density at radius 2 is 1.00 bits per heavy atom. The highest BCUT2D eigenvalue weighted by molar-refractivity contribution is 5.99. The number of aliphatic carboxylic acids is 2. The number of rotatable bonds is 7. The van der Waals surface area contributed by atoms with Crippen LogP contribution in [0.2, 0.25) is 0 Å². The first-order chi connectivity index (χ1) is 10.4. The SMILES string of the molecule is CC(C)C(CC(C)(C)C)(CC(C)(C)C)C(C(=O)O)(C(=O)O)C(C)C. The Morgan fingerprint density at radius 3 is 1.12 bits per heavy atom. The molecule has 4 heteroatoms. The number of hydrogen-bond acceptors (Lipinski definition) is 2. The van der Waals surface area contributed by atoms with Crippen LogP contribution in [0.25, 0.3) is 0 Å². The highest BCUT2D eigenvalue weighted by atomic mass is 16.4. The van der Waals surface area contributed by atoms with E-state index in [-0.39, 0.29) is 16.7 Å². The molecule has 0 spiro atoms. The topological polar surface area (TPSA) is 74.6 Å². The quantitative estimate of drug-likeness (QED) is 0.615. The Morgan fingerprint density at radius 1 is 0.708 bits per heavy atom. The first-order valence-corrected chi connectivity index (χ1v) is 8.91. The fourth-order valence-electron chi connectivity index (χ4n) is 4.68. The zero-order valence-corrected chi connectivity index (χ0v) is 17.3. The lowest BCUT2D eigenvalue weighted by Gasteiger charge is -2.55. The van der Waals surface area contributed by atoms with E-state index in [2.05, 4.69) is 41.5 Å². The summed E-state index contributed by atoms with van der Waals surface area (Å²) >= 11 is 0. The maximum absolute atomic E-state index is 12.4. The Hall–Kier alpha value is -1.06. The molecule has 0 saturated heterocycles. The van der Waals surface area contributed by atoms with E-state index in [0.29, 0.717) is 12.8 Å². The summed E-state index contributed by atoms with van der Waals surface area (Å²) in [5, 5.41) is 20.3. The fourth-order valence-corrected chi connectivity index (χ4v) is 4.68. The van der Waals surface area contributed by atoms with Gasteiger partial charge in [0.2, 0.25) is 0 Å².